The molecule has 0 saturated heterocycles. The number of nitrogens with one attached hydrogen (secondary N) is 1. The number of halogens is 1. The fraction of sp³-hybridized carbons (Fsp3) is 0.571. The zero-order valence-corrected chi connectivity index (χ0v) is 11.1. The first-order chi connectivity index (χ1) is 8.29. The molecule has 1 atom stereocenters. The minimum Gasteiger partial charge on any atom is -0.313 e. The van der Waals surface area contributed by atoms with E-state index >= 15 is 0 Å². The highest BCUT2D eigenvalue weighted by Gasteiger charge is 2.30. The van der Waals surface area contributed by atoms with Crippen LogP contribution in [0.5, 0.6) is 0 Å². The fourth-order valence-electron chi connectivity index (χ4n) is 1.91. The van der Waals surface area contributed by atoms with Gasteiger partial charge in [-0.1, -0.05) is 6.92 Å². The summed E-state index contributed by atoms with van der Waals surface area (Å²) < 4.78 is 12.8. The summed E-state index contributed by atoms with van der Waals surface area (Å²) in [6.07, 6.45) is 3.92. The van der Waals surface area contributed by atoms with Crippen molar-refractivity contribution in [2.75, 3.05) is 12.3 Å². The predicted molar refractivity (Wildman–Crippen MR) is 71.9 cm³/mol. The molecule has 1 nitrogen and oxygen atoms in total. The van der Waals surface area contributed by atoms with E-state index in [1.807, 2.05) is 23.9 Å². The van der Waals surface area contributed by atoms with E-state index in [4.69, 9.17) is 0 Å². The molecule has 1 saturated carbocycles. The van der Waals surface area contributed by atoms with Crippen molar-refractivity contribution in [1.29, 1.82) is 0 Å². The van der Waals surface area contributed by atoms with Gasteiger partial charge in [0.05, 0.1) is 0 Å². The minimum absolute atomic E-state index is 0.155. The Morgan fingerprint density at radius 1 is 1.35 bits per heavy atom. The van der Waals surface area contributed by atoms with Gasteiger partial charge in [-0.15, -0.1) is 11.8 Å². The Balaban J connectivity index is 1.80. The second-order valence-corrected chi connectivity index (χ2v) is 5.76. The molecule has 0 aliphatic heterocycles. The van der Waals surface area contributed by atoms with Gasteiger partial charge < -0.3 is 5.32 Å². The van der Waals surface area contributed by atoms with E-state index in [2.05, 4.69) is 12.2 Å². The molecular formula is C14H20FNS. The van der Waals surface area contributed by atoms with Crippen molar-refractivity contribution < 1.29 is 4.39 Å². The number of hydrogen-bond donors (Lipinski definition) is 1. The second-order valence-electron chi connectivity index (χ2n) is 4.66. The van der Waals surface area contributed by atoms with Crippen LogP contribution in [0.3, 0.4) is 0 Å². The molecule has 1 N–H and O–H groups in total. The van der Waals surface area contributed by atoms with Crippen LogP contribution >= 0.6 is 11.8 Å². The Bertz CT molecular complexity index is 335. The van der Waals surface area contributed by atoms with Crippen LogP contribution in [-0.4, -0.2) is 18.3 Å². The first kappa shape index (κ1) is 12.9. The van der Waals surface area contributed by atoms with Gasteiger partial charge in [-0.25, -0.2) is 4.39 Å². The first-order valence-corrected chi connectivity index (χ1v) is 7.40. The number of benzene rings is 1. The van der Waals surface area contributed by atoms with E-state index in [1.165, 1.54) is 31.4 Å². The van der Waals surface area contributed by atoms with Gasteiger partial charge in [-0.2, -0.15) is 0 Å². The molecule has 0 amide bonds. The lowest BCUT2D eigenvalue weighted by Crippen LogP contribution is -2.33. The molecule has 0 bridgehead atoms. The zero-order valence-electron chi connectivity index (χ0n) is 10.3. The molecule has 1 aromatic rings. The Morgan fingerprint density at radius 2 is 2.06 bits per heavy atom. The average Bonchev–Trinajstić information content (AvgIpc) is 3.16. The van der Waals surface area contributed by atoms with E-state index in [-0.39, 0.29) is 5.82 Å². The van der Waals surface area contributed by atoms with Gasteiger partial charge in [0.15, 0.2) is 0 Å². The standard InChI is InChI=1S/C14H20FNS/c1-2-9-16-14(11-3-4-11)10-17-13-7-5-12(15)6-8-13/h5-8,11,14,16H,2-4,9-10H2,1H3. The summed E-state index contributed by atoms with van der Waals surface area (Å²) in [5.74, 6) is 1.81. The van der Waals surface area contributed by atoms with Crippen LogP contribution in [0.4, 0.5) is 4.39 Å². The molecule has 1 aromatic carbocycles. The van der Waals surface area contributed by atoms with Crippen molar-refractivity contribution >= 4 is 11.8 Å². The highest BCUT2D eigenvalue weighted by atomic mass is 32.2. The fourth-order valence-corrected chi connectivity index (χ4v) is 3.00. The van der Waals surface area contributed by atoms with Crippen LogP contribution in [0.2, 0.25) is 0 Å². The maximum absolute atomic E-state index is 12.8. The van der Waals surface area contributed by atoms with Crippen LogP contribution in [0.25, 0.3) is 0 Å². The minimum atomic E-state index is -0.155. The van der Waals surface area contributed by atoms with E-state index in [1.54, 1.807) is 0 Å². The molecule has 0 spiro atoms. The topological polar surface area (TPSA) is 12.0 Å². The SMILES string of the molecule is CCCNC(CSc1ccc(F)cc1)C1CC1. The Kier molecular flexibility index (Phi) is 4.86. The third-order valence-corrected chi connectivity index (χ3v) is 4.22. The zero-order chi connectivity index (χ0) is 12.1. The molecule has 1 aliphatic carbocycles. The van der Waals surface area contributed by atoms with Crippen LogP contribution in [0.1, 0.15) is 26.2 Å². The van der Waals surface area contributed by atoms with Crippen molar-refractivity contribution in [3.63, 3.8) is 0 Å². The van der Waals surface area contributed by atoms with E-state index in [0.717, 1.165) is 23.1 Å². The summed E-state index contributed by atoms with van der Waals surface area (Å²) in [5, 5.41) is 3.62. The second kappa shape index (κ2) is 6.41. The summed E-state index contributed by atoms with van der Waals surface area (Å²) in [4.78, 5) is 1.16. The molecule has 94 valence electrons. The molecule has 1 aliphatic rings. The summed E-state index contributed by atoms with van der Waals surface area (Å²) in [6.45, 7) is 3.30. The monoisotopic (exact) mass is 253 g/mol. The molecule has 0 aromatic heterocycles. The van der Waals surface area contributed by atoms with E-state index < -0.39 is 0 Å². The first-order valence-electron chi connectivity index (χ1n) is 6.41. The van der Waals surface area contributed by atoms with Gasteiger partial charge in [-0.05, 0) is 56.0 Å². The highest BCUT2D eigenvalue weighted by molar-refractivity contribution is 7.99. The Labute approximate surface area is 107 Å². The van der Waals surface area contributed by atoms with Gasteiger partial charge in [0.25, 0.3) is 0 Å². The molecule has 1 unspecified atom stereocenters. The molecule has 1 fully saturated rings. The normalized spacial score (nSPS) is 17.1. The lowest BCUT2D eigenvalue weighted by molar-refractivity contribution is 0.503. The predicted octanol–water partition coefficient (Wildman–Crippen LogP) is 3.70. The van der Waals surface area contributed by atoms with Gasteiger partial charge in [0.1, 0.15) is 5.82 Å². The van der Waals surface area contributed by atoms with Gasteiger partial charge >= 0.3 is 0 Å². The van der Waals surface area contributed by atoms with Crippen molar-refractivity contribution in [3.05, 3.63) is 30.1 Å². The van der Waals surface area contributed by atoms with Crippen molar-refractivity contribution in [3.8, 4) is 0 Å². The largest absolute Gasteiger partial charge is 0.313 e. The summed E-state index contributed by atoms with van der Waals surface area (Å²) >= 11 is 1.83. The lowest BCUT2D eigenvalue weighted by atomic mass is 10.2. The summed E-state index contributed by atoms with van der Waals surface area (Å²) in [6, 6.07) is 7.43. The molecule has 2 rings (SSSR count). The molecule has 17 heavy (non-hydrogen) atoms. The quantitative estimate of drug-likeness (QED) is 0.744. The van der Waals surface area contributed by atoms with Crippen LogP contribution < -0.4 is 5.32 Å². The van der Waals surface area contributed by atoms with Crippen molar-refractivity contribution in [1.82, 2.24) is 5.32 Å². The summed E-state index contributed by atoms with van der Waals surface area (Å²) in [5.41, 5.74) is 0. The smallest absolute Gasteiger partial charge is 0.123 e. The van der Waals surface area contributed by atoms with Gasteiger partial charge in [0, 0.05) is 16.7 Å². The number of rotatable bonds is 7. The molecule has 0 heterocycles. The Morgan fingerprint density at radius 3 is 2.65 bits per heavy atom. The maximum Gasteiger partial charge on any atom is 0.123 e. The van der Waals surface area contributed by atoms with Crippen molar-refractivity contribution in [2.45, 2.75) is 37.1 Å². The third-order valence-electron chi connectivity index (χ3n) is 3.09. The third kappa shape index (κ3) is 4.32. The molecular weight excluding hydrogens is 233 g/mol. The highest BCUT2D eigenvalue weighted by Crippen LogP contribution is 2.35. The molecule has 0 radical (unpaired) electrons. The number of hydrogen-bond acceptors (Lipinski definition) is 2. The van der Waals surface area contributed by atoms with Gasteiger partial charge in [-0.3, -0.25) is 0 Å². The maximum atomic E-state index is 12.8. The van der Waals surface area contributed by atoms with Gasteiger partial charge in [0.2, 0.25) is 0 Å². The van der Waals surface area contributed by atoms with E-state index in [0.29, 0.717) is 6.04 Å². The van der Waals surface area contributed by atoms with Crippen LogP contribution in [0, 0.1) is 11.7 Å². The average molecular weight is 253 g/mol. The number of thioether (sulfide) groups is 1. The Hall–Kier alpha value is -0.540. The molecule has 3 heteroatoms. The van der Waals surface area contributed by atoms with Crippen molar-refractivity contribution in [2.24, 2.45) is 5.92 Å². The van der Waals surface area contributed by atoms with Crippen LogP contribution in [0.15, 0.2) is 29.2 Å². The van der Waals surface area contributed by atoms with E-state index in [9.17, 15) is 4.39 Å². The summed E-state index contributed by atoms with van der Waals surface area (Å²) in [7, 11) is 0. The van der Waals surface area contributed by atoms with Crippen LogP contribution in [-0.2, 0) is 0 Å². The lowest BCUT2D eigenvalue weighted by Gasteiger charge is -2.17.